The second-order valence-corrected chi connectivity index (χ2v) is 6.42. The zero-order valence-corrected chi connectivity index (χ0v) is 12.5. The van der Waals surface area contributed by atoms with Gasteiger partial charge in [-0.05, 0) is 30.9 Å². The van der Waals surface area contributed by atoms with E-state index < -0.39 is 0 Å². The van der Waals surface area contributed by atoms with Crippen LogP contribution in [0.5, 0.6) is 0 Å². The summed E-state index contributed by atoms with van der Waals surface area (Å²) in [6.45, 7) is 3.03. The van der Waals surface area contributed by atoms with Crippen LogP contribution in [-0.4, -0.2) is 11.0 Å². The van der Waals surface area contributed by atoms with E-state index in [0.717, 1.165) is 29.2 Å². The van der Waals surface area contributed by atoms with Crippen LogP contribution in [0.25, 0.3) is 0 Å². The number of nitrogens with one attached hydrogen (secondary N) is 1. The maximum atomic E-state index is 13.7. The first-order chi connectivity index (χ1) is 9.76. The third-order valence-electron chi connectivity index (χ3n) is 3.59. The third kappa shape index (κ3) is 3.25. The van der Waals surface area contributed by atoms with E-state index in [9.17, 15) is 4.39 Å². The zero-order chi connectivity index (χ0) is 13.9. The van der Waals surface area contributed by atoms with Gasteiger partial charge in [0, 0.05) is 23.9 Å². The van der Waals surface area contributed by atoms with E-state index in [1.165, 1.54) is 23.8 Å². The van der Waals surface area contributed by atoms with Crippen LogP contribution in [0.3, 0.4) is 0 Å². The minimum Gasteiger partial charge on any atom is -0.309 e. The first kappa shape index (κ1) is 13.7. The molecule has 3 rings (SSSR count). The van der Waals surface area contributed by atoms with E-state index in [-0.39, 0.29) is 5.82 Å². The lowest BCUT2D eigenvalue weighted by atomic mass is 10.1. The van der Waals surface area contributed by atoms with Gasteiger partial charge in [0.05, 0.1) is 10.7 Å². The van der Waals surface area contributed by atoms with Crippen molar-refractivity contribution in [2.45, 2.75) is 45.2 Å². The Morgan fingerprint density at radius 1 is 1.35 bits per heavy atom. The van der Waals surface area contributed by atoms with Crippen molar-refractivity contribution in [2.24, 2.45) is 0 Å². The Kier molecular flexibility index (Phi) is 4.13. The summed E-state index contributed by atoms with van der Waals surface area (Å²) in [5.74, 6) is -0.140. The van der Waals surface area contributed by atoms with Crippen molar-refractivity contribution in [3.05, 3.63) is 51.2 Å². The second-order valence-electron chi connectivity index (χ2n) is 5.25. The number of aryl methyl sites for hydroxylation is 1. The molecule has 1 N–H and O–H groups in total. The minimum atomic E-state index is -0.140. The monoisotopic (exact) mass is 290 g/mol. The number of nitrogens with zero attached hydrogens (tertiary/aromatic N) is 1. The van der Waals surface area contributed by atoms with Crippen molar-refractivity contribution in [1.29, 1.82) is 0 Å². The number of hydrogen-bond donors (Lipinski definition) is 1. The molecule has 0 spiro atoms. The standard InChI is InChI=1S/C16H19FN2S/c1-2-14-15(10-18-12-7-8-12)20-16(19-14)9-11-5-3-4-6-13(11)17/h3-6,12,18H,2,7-10H2,1H3. The normalized spacial score (nSPS) is 14.7. The van der Waals surface area contributed by atoms with Crippen LogP contribution in [0.1, 0.15) is 40.9 Å². The Balaban J connectivity index is 1.74. The molecule has 1 aliphatic carbocycles. The number of thiazole rings is 1. The summed E-state index contributed by atoms with van der Waals surface area (Å²) in [5.41, 5.74) is 1.89. The predicted molar refractivity (Wildman–Crippen MR) is 80.6 cm³/mol. The fraction of sp³-hybridized carbons (Fsp3) is 0.438. The number of hydrogen-bond acceptors (Lipinski definition) is 3. The molecule has 0 saturated heterocycles. The summed E-state index contributed by atoms with van der Waals surface area (Å²) in [6.07, 6.45) is 4.12. The molecule has 20 heavy (non-hydrogen) atoms. The van der Waals surface area contributed by atoms with Gasteiger partial charge in [0.15, 0.2) is 0 Å². The molecule has 0 amide bonds. The van der Waals surface area contributed by atoms with Crippen molar-refractivity contribution in [3.63, 3.8) is 0 Å². The number of rotatable bonds is 6. The van der Waals surface area contributed by atoms with Crippen LogP contribution >= 0.6 is 11.3 Å². The molecule has 1 saturated carbocycles. The molecule has 1 aliphatic rings. The molecule has 4 heteroatoms. The van der Waals surface area contributed by atoms with E-state index in [2.05, 4.69) is 17.2 Å². The Morgan fingerprint density at radius 2 is 2.15 bits per heavy atom. The highest BCUT2D eigenvalue weighted by atomic mass is 32.1. The summed E-state index contributed by atoms with van der Waals surface area (Å²) in [5, 5.41) is 4.55. The highest BCUT2D eigenvalue weighted by Gasteiger charge is 2.21. The van der Waals surface area contributed by atoms with E-state index in [1.807, 2.05) is 12.1 Å². The van der Waals surface area contributed by atoms with Crippen LogP contribution in [-0.2, 0) is 19.4 Å². The first-order valence-corrected chi connectivity index (χ1v) is 8.02. The van der Waals surface area contributed by atoms with E-state index in [4.69, 9.17) is 0 Å². The lowest BCUT2D eigenvalue weighted by Gasteiger charge is -2.00. The quantitative estimate of drug-likeness (QED) is 0.877. The highest BCUT2D eigenvalue weighted by Crippen LogP contribution is 2.25. The van der Waals surface area contributed by atoms with Gasteiger partial charge in [0.1, 0.15) is 5.82 Å². The first-order valence-electron chi connectivity index (χ1n) is 7.20. The molecule has 0 atom stereocenters. The molecule has 1 aromatic carbocycles. The smallest absolute Gasteiger partial charge is 0.126 e. The Labute approximate surface area is 123 Å². The maximum absolute atomic E-state index is 13.7. The summed E-state index contributed by atoms with van der Waals surface area (Å²) in [6, 6.07) is 7.66. The van der Waals surface area contributed by atoms with E-state index >= 15 is 0 Å². The molecule has 0 radical (unpaired) electrons. The van der Waals surface area contributed by atoms with Crippen molar-refractivity contribution < 1.29 is 4.39 Å². The summed E-state index contributed by atoms with van der Waals surface area (Å²) in [4.78, 5) is 5.99. The SMILES string of the molecule is CCc1nc(Cc2ccccc2F)sc1CNC1CC1. The predicted octanol–water partition coefficient (Wildman–Crippen LogP) is 3.69. The maximum Gasteiger partial charge on any atom is 0.126 e. The number of aromatic nitrogens is 1. The van der Waals surface area contributed by atoms with Gasteiger partial charge in [-0.25, -0.2) is 9.37 Å². The Hall–Kier alpha value is -1.26. The molecular weight excluding hydrogens is 271 g/mol. The van der Waals surface area contributed by atoms with Crippen LogP contribution in [0, 0.1) is 5.82 Å². The highest BCUT2D eigenvalue weighted by molar-refractivity contribution is 7.11. The van der Waals surface area contributed by atoms with Crippen LogP contribution in [0.15, 0.2) is 24.3 Å². The summed E-state index contributed by atoms with van der Waals surface area (Å²) < 4.78 is 13.7. The van der Waals surface area contributed by atoms with Crippen molar-refractivity contribution >= 4 is 11.3 Å². The van der Waals surface area contributed by atoms with Gasteiger partial charge in [0.25, 0.3) is 0 Å². The lowest BCUT2D eigenvalue weighted by Crippen LogP contribution is -2.15. The van der Waals surface area contributed by atoms with E-state index in [0.29, 0.717) is 12.5 Å². The molecule has 106 valence electrons. The fourth-order valence-electron chi connectivity index (χ4n) is 2.26. The van der Waals surface area contributed by atoms with Crippen molar-refractivity contribution in [3.8, 4) is 0 Å². The average Bonchev–Trinajstić information content (AvgIpc) is 3.20. The molecule has 1 heterocycles. The van der Waals surface area contributed by atoms with Gasteiger partial charge in [0.2, 0.25) is 0 Å². The lowest BCUT2D eigenvalue weighted by molar-refractivity contribution is 0.613. The minimum absolute atomic E-state index is 0.140. The van der Waals surface area contributed by atoms with Gasteiger partial charge in [-0.1, -0.05) is 25.1 Å². The van der Waals surface area contributed by atoms with Gasteiger partial charge in [-0.2, -0.15) is 0 Å². The Morgan fingerprint density at radius 3 is 2.85 bits per heavy atom. The van der Waals surface area contributed by atoms with Gasteiger partial charge in [-0.15, -0.1) is 11.3 Å². The molecule has 2 nitrogen and oxygen atoms in total. The molecule has 1 aromatic heterocycles. The molecule has 1 fully saturated rings. The summed E-state index contributed by atoms with van der Waals surface area (Å²) >= 11 is 1.72. The van der Waals surface area contributed by atoms with Crippen LogP contribution in [0.4, 0.5) is 4.39 Å². The van der Waals surface area contributed by atoms with Crippen molar-refractivity contribution in [1.82, 2.24) is 10.3 Å². The fourth-order valence-corrected chi connectivity index (χ4v) is 3.39. The topological polar surface area (TPSA) is 24.9 Å². The summed E-state index contributed by atoms with van der Waals surface area (Å²) in [7, 11) is 0. The third-order valence-corrected chi connectivity index (χ3v) is 4.68. The Bertz CT molecular complexity index is 590. The largest absolute Gasteiger partial charge is 0.309 e. The average molecular weight is 290 g/mol. The zero-order valence-electron chi connectivity index (χ0n) is 11.7. The molecule has 0 aliphatic heterocycles. The van der Waals surface area contributed by atoms with E-state index in [1.54, 1.807) is 17.4 Å². The van der Waals surface area contributed by atoms with Gasteiger partial charge >= 0.3 is 0 Å². The van der Waals surface area contributed by atoms with Crippen LogP contribution in [0.2, 0.25) is 0 Å². The molecular formula is C16H19FN2S. The molecule has 0 bridgehead atoms. The number of benzene rings is 1. The molecule has 0 unspecified atom stereocenters. The van der Waals surface area contributed by atoms with Crippen LogP contribution < -0.4 is 5.32 Å². The van der Waals surface area contributed by atoms with Crippen molar-refractivity contribution in [2.75, 3.05) is 0 Å². The molecule has 2 aromatic rings. The van der Waals surface area contributed by atoms with Gasteiger partial charge in [-0.3, -0.25) is 0 Å². The van der Waals surface area contributed by atoms with Gasteiger partial charge < -0.3 is 5.32 Å². The second kappa shape index (κ2) is 6.02. The number of halogens is 1.